The van der Waals surface area contributed by atoms with Crippen LogP contribution in [0.1, 0.15) is 35.4 Å². The quantitative estimate of drug-likeness (QED) is 0.538. The molecule has 27 heavy (non-hydrogen) atoms. The zero-order chi connectivity index (χ0) is 20.0. The first-order chi connectivity index (χ1) is 12.8. The number of aliphatic hydroxyl groups is 1. The minimum absolute atomic E-state index is 0.0134. The minimum atomic E-state index is -0.832. The Hall–Kier alpha value is -2.64. The normalized spacial score (nSPS) is 13.2. The Labute approximate surface area is 158 Å². The number of nitrogens with zero attached hydrogens (tertiary/aromatic N) is 1. The molecule has 2 aromatic rings. The maximum atomic E-state index is 13.0. The number of rotatable bonds is 9. The third kappa shape index (κ3) is 5.94. The Bertz CT molecular complexity index is 768. The second kappa shape index (κ2) is 9.34. The number of nitrogens with two attached hydrogens (primary N) is 1. The van der Waals surface area contributed by atoms with Crippen molar-refractivity contribution >= 4 is 11.6 Å². The van der Waals surface area contributed by atoms with E-state index in [2.05, 4.69) is 5.32 Å². The molecule has 0 spiro atoms. The zero-order valence-corrected chi connectivity index (χ0v) is 15.5. The second-order valence-corrected chi connectivity index (χ2v) is 6.65. The van der Waals surface area contributed by atoms with Gasteiger partial charge in [0.1, 0.15) is 11.6 Å². The van der Waals surface area contributed by atoms with Crippen LogP contribution >= 0.6 is 0 Å². The Morgan fingerprint density at radius 1 is 1.26 bits per heavy atom. The van der Waals surface area contributed by atoms with Crippen molar-refractivity contribution in [2.45, 2.75) is 25.5 Å². The molecule has 0 aliphatic heterocycles. The Kier molecular flexibility index (Phi) is 7.15. The molecule has 0 saturated heterocycles. The van der Waals surface area contributed by atoms with Crippen LogP contribution in [-0.2, 0) is 0 Å². The summed E-state index contributed by atoms with van der Waals surface area (Å²) in [6.45, 7) is 3.07. The molecule has 0 radical (unpaired) electrons. The number of halogens is 1. The van der Waals surface area contributed by atoms with E-state index in [4.69, 9.17) is 5.73 Å². The molecule has 0 fully saturated rings. The summed E-state index contributed by atoms with van der Waals surface area (Å²) in [6.07, 6.45) is -0.0103. The number of carbonyl (C=O) groups excluding carboxylic acids is 1. The van der Waals surface area contributed by atoms with E-state index in [1.807, 2.05) is 18.9 Å². The SMILES string of the molecule is CC(CCN(C)c1ccc(F)cc1)NCC(O)c1ccc(O)c(C(N)=O)c1. The number of hydrogen-bond donors (Lipinski definition) is 4. The van der Waals surface area contributed by atoms with Crippen LogP contribution in [0.3, 0.4) is 0 Å². The van der Waals surface area contributed by atoms with Crippen LogP contribution in [0.5, 0.6) is 5.75 Å². The monoisotopic (exact) mass is 375 g/mol. The van der Waals surface area contributed by atoms with E-state index in [1.54, 1.807) is 18.2 Å². The van der Waals surface area contributed by atoms with Crippen molar-refractivity contribution in [2.75, 3.05) is 25.0 Å². The summed E-state index contributed by atoms with van der Waals surface area (Å²) in [5, 5.41) is 23.2. The number of phenols is 1. The van der Waals surface area contributed by atoms with E-state index in [-0.39, 0.29) is 23.2 Å². The average molecular weight is 375 g/mol. The van der Waals surface area contributed by atoms with E-state index in [1.165, 1.54) is 24.3 Å². The fourth-order valence-corrected chi connectivity index (χ4v) is 2.70. The largest absolute Gasteiger partial charge is 0.507 e. The van der Waals surface area contributed by atoms with Crippen molar-refractivity contribution in [2.24, 2.45) is 5.73 Å². The Morgan fingerprint density at radius 2 is 1.93 bits per heavy atom. The average Bonchev–Trinajstić information content (AvgIpc) is 2.64. The third-order valence-corrected chi connectivity index (χ3v) is 4.50. The van der Waals surface area contributed by atoms with Crippen LogP contribution in [0.4, 0.5) is 10.1 Å². The molecule has 0 aliphatic rings. The van der Waals surface area contributed by atoms with Gasteiger partial charge in [0.25, 0.3) is 5.91 Å². The Morgan fingerprint density at radius 3 is 2.56 bits per heavy atom. The summed E-state index contributed by atoms with van der Waals surface area (Å²) in [4.78, 5) is 13.3. The molecule has 6 nitrogen and oxygen atoms in total. The van der Waals surface area contributed by atoms with Gasteiger partial charge in [0.05, 0.1) is 11.7 Å². The van der Waals surface area contributed by atoms with Crippen molar-refractivity contribution in [3.05, 3.63) is 59.4 Å². The fraction of sp³-hybridized carbons (Fsp3) is 0.350. The van der Waals surface area contributed by atoms with E-state index in [9.17, 15) is 19.4 Å². The van der Waals surface area contributed by atoms with Gasteiger partial charge in [-0.15, -0.1) is 0 Å². The molecule has 0 aromatic heterocycles. The van der Waals surface area contributed by atoms with E-state index >= 15 is 0 Å². The van der Waals surface area contributed by atoms with Gasteiger partial charge in [0.15, 0.2) is 0 Å². The maximum absolute atomic E-state index is 13.0. The number of amides is 1. The number of benzene rings is 2. The van der Waals surface area contributed by atoms with Crippen LogP contribution in [-0.4, -0.2) is 42.3 Å². The van der Waals surface area contributed by atoms with Gasteiger partial charge in [-0.3, -0.25) is 4.79 Å². The summed E-state index contributed by atoms with van der Waals surface area (Å²) in [6, 6.07) is 10.8. The molecule has 0 aliphatic carbocycles. The number of aliphatic hydroxyl groups excluding tert-OH is 1. The van der Waals surface area contributed by atoms with Gasteiger partial charge in [0.2, 0.25) is 0 Å². The Balaban J connectivity index is 1.82. The third-order valence-electron chi connectivity index (χ3n) is 4.50. The highest BCUT2D eigenvalue weighted by Crippen LogP contribution is 2.22. The molecule has 2 unspecified atom stereocenters. The molecular formula is C20H26FN3O3. The van der Waals surface area contributed by atoms with Crippen LogP contribution in [0.2, 0.25) is 0 Å². The van der Waals surface area contributed by atoms with Crippen molar-refractivity contribution in [1.29, 1.82) is 0 Å². The molecule has 2 atom stereocenters. The van der Waals surface area contributed by atoms with E-state index in [0.29, 0.717) is 12.1 Å². The van der Waals surface area contributed by atoms with Gasteiger partial charge >= 0.3 is 0 Å². The van der Waals surface area contributed by atoms with E-state index in [0.717, 1.165) is 18.7 Å². The highest BCUT2D eigenvalue weighted by molar-refractivity contribution is 5.95. The molecule has 146 valence electrons. The van der Waals surface area contributed by atoms with Crippen LogP contribution in [0, 0.1) is 5.82 Å². The molecule has 0 heterocycles. The maximum Gasteiger partial charge on any atom is 0.252 e. The molecule has 5 N–H and O–H groups in total. The van der Waals surface area contributed by atoms with Crippen molar-refractivity contribution < 1.29 is 19.4 Å². The smallest absolute Gasteiger partial charge is 0.252 e. The lowest BCUT2D eigenvalue weighted by Gasteiger charge is -2.23. The second-order valence-electron chi connectivity index (χ2n) is 6.65. The number of aromatic hydroxyl groups is 1. The highest BCUT2D eigenvalue weighted by Gasteiger charge is 2.14. The van der Waals surface area contributed by atoms with Crippen LogP contribution in [0.25, 0.3) is 0 Å². The molecule has 0 bridgehead atoms. The first-order valence-electron chi connectivity index (χ1n) is 8.78. The molecule has 7 heteroatoms. The predicted octanol–water partition coefficient (Wildman–Crippen LogP) is 2.17. The molecular weight excluding hydrogens is 349 g/mol. The van der Waals surface area contributed by atoms with E-state index < -0.39 is 12.0 Å². The van der Waals surface area contributed by atoms with Gasteiger partial charge in [-0.1, -0.05) is 6.07 Å². The number of carbonyl (C=O) groups is 1. The van der Waals surface area contributed by atoms with Crippen LogP contribution in [0.15, 0.2) is 42.5 Å². The van der Waals surface area contributed by atoms with Gasteiger partial charge in [-0.2, -0.15) is 0 Å². The first kappa shape index (κ1) is 20.7. The minimum Gasteiger partial charge on any atom is -0.507 e. The lowest BCUT2D eigenvalue weighted by Crippen LogP contribution is -2.33. The van der Waals surface area contributed by atoms with Gasteiger partial charge in [0, 0.05) is 31.9 Å². The van der Waals surface area contributed by atoms with Crippen molar-refractivity contribution in [1.82, 2.24) is 5.32 Å². The first-order valence-corrected chi connectivity index (χ1v) is 8.78. The molecule has 1 amide bonds. The van der Waals surface area contributed by atoms with Gasteiger partial charge in [-0.05, 0) is 55.3 Å². The summed E-state index contributed by atoms with van der Waals surface area (Å²) in [5.74, 6) is -1.21. The van der Waals surface area contributed by atoms with Crippen molar-refractivity contribution in [3.8, 4) is 5.75 Å². The molecule has 2 rings (SSSR count). The summed E-state index contributed by atoms with van der Waals surface area (Å²) in [7, 11) is 1.94. The summed E-state index contributed by atoms with van der Waals surface area (Å²) < 4.78 is 13.0. The number of primary amides is 1. The van der Waals surface area contributed by atoms with Crippen LogP contribution < -0.4 is 16.0 Å². The summed E-state index contributed by atoms with van der Waals surface area (Å²) >= 11 is 0. The zero-order valence-electron chi connectivity index (χ0n) is 15.5. The molecule has 0 saturated carbocycles. The highest BCUT2D eigenvalue weighted by atomic mass is 19.1. The summed E-state index contributed by atoms with van der Waals surface area (Å²) in [5.41, 5.74) is 6.64. The lowest BCUT2D eigenvalue weighted by molar-refractivity contribution is 0.0997. The fourth-order valence-electron chi connectivity index (χ4n) is 2.70. The van der Waals surface area contributed by atoms with Gasteiger partial charge in [-0.25, -0.2) is 4.39 Å². The number of nitrogens with one attached hydrogen (secondary N) is 1. The molecule has 2 aromatic carbocycles. The number of anilines is 1. The topological polar surface area (TPSA) is 98.8 Å². The van der Waals surface area contributed by atoms with Gasteiger partial charge < -0.3 is 26.2 Å². The lowest BCUT2D eigenvalue weighted by atomic mass is 10.0. The predicted molar refractivity (Wildman–Crippen MR) is 103 cm³/mol. The van der Waals surface area contributed by atoms with Crippen molar-refractivity contribution in [3.63, 3.8) is 0 Å². The standard InChI is InChI=1S/C20H26FN3O3/c1-13(9-10-24(2)16-6-4-15(21)5-7-16)23-12-19(26)14-3-8-18(25)17(11-14)20(22)27/h3-8,11,13,19,23,25-26H,9-10,12H2,1-2H3,(H2,22,27). The number of hydrogen-bond acceptors (Lipinski definition) is 5.